The Labute approximate surface area is 165 Å². The third-order valence-corrected chi connectivity index (χ3v) is 4.14. The highest BCUT2D eigenvalue weighted by molar-refractivity contribution is 5.78. The van der Waals surface area contributed by atoms with Crippen LogP contribution in [0.1, 0.15) is 71.8 Å². The van der Waals surface area contributed by atoms with Crippen molar-refractivity contribution >= 4 is 5.91 Å². The summed E-state index contributed by atoms with van der Waals surface area (Å²) in [6, 6.07) is 5.84. The van der Waals surface area contributed by atoms with Crippen LogP contribution in [0.3, 0.4) is 0 Å². The van der Waals surface area contributed by atoms with Crippen LogP contribution in [0.4, 0.5) is 0 Å². The van der Waals surface area contributed by atoms with E-state index in [0.29, 0.717) is 11.5 Å². The molecule has 5 heteroatoms. The quantitative estimate of drug-likeness (QED) is 0.498. The molecule has 0 fully saturated rings. The normalized spacial score (nSPS) is 11.3. The molecule has 5 nitrogen and oxygen atoms in total. The van der Waals surface area contributed by atoms with Gasteiger partial charge in [0.1, 0.15) is 0 Å². The summed E-state index contributed by atoms with van der Waals surface area (Å²) >= 11 is 0. The van der Waals surface area contributed by atoms with E-state index in [1.165, 1.54) is 38.5 Å². The summed E-state index contributed by atoms with van der Waals surface area (Å²) < 4.78 is 11.0. The highest BCUT2D eigenvalue weighted by atomic mass is 16.5. The van der Waals surface area contributed by atoms with Gasteiger partial charge in [-0.25, -0.2) is 0 Å². The first kappa shape index (κ1) is 23.3. The molecule has 0 bridgehead atoms. The van der Waals surface area contributed by atoms with Gasteiger partial charge in [-0.3, -0.25) is 4.79 Å². The fourth-order valence-corrected chi connectivity index (χ4v) is 2.80. The number of rotatable bonds is 13. The largest absolute Gasteiger partial charge is 0.493 e. The fraction of sp³-hybridized carbons (Fsp3) is 0.682. The number of nitrogens with one attached hydrogen (secondary N) is 2. The van der Waals surface area contributed by atoms with Gasteiger partial charge in [-0.1, -0.05) is 45.1 Å². The van der Waals surface area contributed by atoms with Crippen LogP contribution in [-0.4, -0.2) is 31.7 Å². The van der Waals surface area contributed by atoms with Crippen LogP contribution < -0.4 is 20.1 Å². The minimum Gasteiger partial charge on any atom is -0.493 e. The number of carbonyl (C=O) groups is 1. The van der Waals surface area contributed by atoms with Gasteiger partial charge in [-0.05, 0) is 51.4 Å². The zero-order valence-electron chi connectivity index (χ0n) is 17.8. The molecule has 0 heterocycles. The maximum absolute atomic E-state index is 11.9. The number of unbranched alkanes of at least 4 members (excludes halogenated alkanes) is 5. The summed E-state index contributed by atoms with van der Waals surface area (Å²) in [5, 5.41) is 6.36. The third kappa shape index (κ3) is 10.9. The molecule has 0 aromatic heterocycles. The summed E-state index contributed by atoms with van der Waals surface area (Å²) in [7, 11) is 1.62. The Morgan fingerprint density at radius 3 is 2.41 bits per heavy atom. The molecule has 0 aliphatic rings. The zero-order valence-corrected chi connectivity index (χ0v) is 17.8. The maximum atomic E-state index is 11.9. The molecule has 0 radical (unpaired) electrons. The van der Waals surface area contributed by atoms with E-state index in [1.807, 2.05) is 39.0 Å². The van der Waals surface area contributed by atoms with Gasteiger partial charge in [0.25, 0.3) is 5.91 Å². The van der Waals surface area contributed by atoms with E-state index in [2.05, 4.69) is 17.6 Å². The van der Waals surface area contributed by atoms with Crippen LogP contribution in [0.25, 0.3) is 0 Å². The Hall–Kier alpha value is -1.75. The average molecular weight is 379 g/mol. The smallest absolute Gasteiger partial charge is 0.258 e. The number of hydrogen-bond acceptors (Lipinski definition) is 4. The van der Waals surface area contributed by atoms with Gasteiger partial charge in [0.05, 0.1) is 7.11 Å². The molecule has 1 amide bonds. The number of ether oxygens (including phenoxy) is 2. The van der Waals surface area contributed by atoms with Crippen molar-refractivity contribution in [3.8, 4) is 11.5 Å². The van der Waals surface area contributed by atoms with Crippen LogP contribution in [-0.2, 0) is 11.3 Å². The first-order valence-electron chi connectivity index (χ1n) is 10.2. The predicted octanol–water partition coefficient (Wildman–Crippen LogP) is 4.44. The SMILES string of the molecule is CCCCCCCCNCc1ccc(OCC(=O)NC(C)(C)C)c(OC)c1. The number of hydrogen-bond donors (Lipinski definition) is 2. The molecule has 0 saturated carbocycles. The van der Waals surface area contributed by atoms with Crippen LogP contribution in [0.2, 0.25) is 0 Å². The van der Waals surface area contributed by atoms with Crippen molar-refractivity contribution < 1.29 is 14.3 Å². The maximum Gasteiger partial charge on any atom is 0.258 e. The van der Waals surface area contributed by atoms with Gasteiger partial charge < -0.3 is 20.1 Å². The van der Waals surface area contributed by atoms with Crippen molar-refractivity contribution in [3.63, 3.8) is 0 Å². The predicted molar refractivity (Wildman–Crippen MR) is 111 cm³/mol. The Bertz CT molecular complexity index is 553. The molecular weight excluding hydrogens is 340 g/mol. The Balaban J connectivity index is 2.37. The monoisotopic (exact) mass is 378 g/mol. The average Bonchev–Trinajstić information content (AvgIpc) is 2.61. The Kier molecular flexibility index (Phi) is 10.9. The first-order chi connectivity index (χ1) is 12.9. The molecule has 0 aliphatic carbocycles. The van der Waals surface area contributed by atoms with Crippen LogP contribution >= 0.6 is 0 Å². The minimum atomic E-state index is -0.268. The molecule has 1 aromatic carbocycles. The van der Waals surface area contributed by atoms with Gasteiger partial charge in [0, 0.05) is 12.1 Å². The standard InChI is InChI=1S/C22H38N2O3/c1-6-7-8-9-10-11-14-23-16-18-12-13-19(20(15-18)26-5)27-17-21(25)24-22(2,3)4/h12-13,15,23H,6-11,14,16-17H2,1-5H3,(H,24,25). The lowest BCUT2D eigenvalue weighted by Crippen LogP contribution is -2.43. The van der Waals surface area contributed by atoms with Gasteiger partial charge in [0.2, 0.25) is 0 Å². The molecule has 27 heavy (non-hydrogen) atoms. The van der Waals surface area contributed by atoms with Crippen molar-refractivity contribution in [1.29, 1.82) is 0 Å². The highest BCUT2D eigenvalue weighted by Gasteiger charge is 2.15. The van der Waals surface area contributed by atoms with Crippen molar-refractivity contribution in [2.45, 2.75) is 78.3 Å². The van der Waals surface area contributed by atoms with E-state index in [9.17, 15) is 4.79 Å². The van der Waals surface area contributed by atoms with E-state index < -0.39 is 0 Å². The number of benzene rings is 1. The lowest BCUT2D eigenvalue weighted by atomic mass is 10.1. The molecule has 2 N–H and O–H groups in total. The number of methoxy groups -OCH3 is 1. The van der Waals surface area contributed by atoms with E-state index in [4.69, 9.17) is 9.47 Å². The minimum absolute atomic E-state index is 0.0245. The van der Waals surface area contributed by atoms with Crippen molar-refractivity contribution in [2.24, 2.45) is 0 Å². The summed E-state index contributed by atoms with van der Waals surface area (Å²) in [6.07, 6.45) is 7.83. The second-order valence-corrected chi connectivity index (χ2v) is 8.02. The highest BCUT2D eigenvalue weighted by Crippen LogP contribution is 2.28. The molecule has 0 spiro atoms. The Morgan fingerprint density at radius 2 is 1.74 bits per heavy atom. The van der Waals surface area contributed by atoms with Gasteiger partial charge in [-0.2, -0.15) is 0 Å². The second-order valence-electron chi connectivity index (χ2n) is 8.02. The molecule has 0 unspecified atom stereocenters. The van der Waals surface area contributed by atoms with Gasteiger partial charge in [0.15, 0.2) is 18.1 Å². The molecule has 1 aromatic rings. The fourth-order valence-electron chi connectivity index (χ4n) is 2.80. The molecule has 154 valence electrons. The number of amides is 1. The van der Waals surface area contributed by atoms with Gasteiger partial charge in [-0.15, -0.1) is 0 Å². The van der Waals surface area contributed by atoms with Crippen molar-refractivity contribution in [3.05, 3.63) is 23.8 Å². The molecule has 0 atom stereocenters. The molecule has 0 aliphatic heterocycles. The molecular formula is C22H38N2O3. The Morgan fingerprint density at radius 1 is 1.04 bits per heavy atom. The molecule has 0 saturated heterocycles. The second kappa shape index (κ2) is 12.6. The lowest BCUT2D eigenvalue weighted by Gasteiger charge is -2.20. The van der Waals surface area contributed by atoms with E-state index in [0.717, 1.165) is 18.7 Å². The van der Waals surface area contributed by atoms with E-state index in [1.54, 1.807) is 7.11 Å². The van der Waals surface area contributed by atoms with E-state index in [-0.39, 0.29) is 18.1 Å². The first-order valence-corrected chi connectivity index (χ1v) is 10.2. The third-order valence-electron chi connectivity index (χ3n) is 4.14. The lowest BCUT2D eigenvalue weighted by molar-refractivity contribution is -0.124. The topological polar surface area (TPSA) is 59.6 Å². The summed E-state index contributed by atoms with van der Waals surface area (Å²) in [5.74, 6) is 1.09. The summed E-state index contributed by atoms with van der Waals surface area (Å²) in [6.45, 7) is 9.88. The van der Waals surface area contributed by atoms with Crippen LogP contribution in [0, 0.1) is 0 Å². The van der Waals surface area contributed by atoms with Crippen LogP contribution in [0.15, 0.2) is 18.2 Å². The molecule has 1 rings (SSSR count). The van der Waals surface area contributed by atoms with Crippen molar-refractivity contribution in [2.75, 3.05) is 20.3 Å². The van der Waals surface area contributed by atoms with Crippen molar-refractivity contribution in [1.82, 2.24) is 10.6 Å². The number of carbonyl (C=O) groups excluding carboxylic acids is 1. The summed E-state index contributed by atoms with van der Waals surface area (Å²) in [4.78, 5) is 11.9. The zero-order chi connectivity index (χ0) is 20.1. The van der Waals surface area contributed by atoms with Gasteiger partial charge >= 0.3 is 0 Å². The van der Waals surface area contributed by atoms with E-state index >= 15 is 0 Å². The summed E-state index contributed by atoms with van der Waals surface area (Å²) in [5.41, 5.74) is 0.875. The van der Waals surface area contributed by atoms with Crippen LogP contribution in [0.5, 0.6) is 11.5 Å².